The van der Waals surface area contributed by atoms with Gasteiger partial charge >= 0.3 is 0 Å². The summed E-state index contributed by atoms with van der Waals surface area (Å²) in [4.78, 5) is 10.3. The van der Waals surface area contributed by atoms with Crippen LogP contribution in [0.3, 0.4) is 0 Å². The Hall–Kier alpha value is -8.84. The molecular weight excluding hydrogens is 855 g/mol. The van der Waals surface area contributed by atoms with Crippen LogP contribution in [0.25, 0.3) is 55.0 Å². The summed E-state index contributed by atoms with van der Waals surface area (Å²) in [7, 11) is -2.80. The molecule has 5 nitrogen and oxygen atoms in total. The molecule has 12 aromatic rings. The third kappa shape index (κ3) is 6.75. The van der Waals surface area contributed by atoms with Gasteiger partial charge in [-0.25, -0.2) is 9.98 Å². The van der Waals surface area contributed by atoms with Gasteiger partial charge in [-0.1, -0.05) is 212 Å². The SMILES string of the molecule is c1ccc(C2=NC(c3cccc(-n4c5ccccc5c5cc6c7ccccc7n(-c7cccc([Si](c8ccccc8)(c8ccccc8)c8ccccc8)c7)c6cc54)c3)NC(c3ccccc3)=N2)cc1. The van der Waals surface area contributed by atoms with Gasteiger partial charge in [-0.05, 0) is 74.8 Å². The largest absolute Gasteiger partial charge is 0.344 e. The number of aromatic nitrogens is 2. The van der Waals surface area contributed by atoms with Crippen molar-refractivity contribution in [2.75, 3.05) is 0 Å². The molecule has 0 saturated heterocycles. The first-order chi connectivity index (χ1) is 34.2. The molecule has 1 N–H and O–H groups in total. The van der Waals surface area contributed by atoms with Crippen LogP contribution < -0.4 is 26.1 Å². The highest BCUT2D eigenvalue weighted by atomic mass is 28.3. The van der Waals surface area contributed by atoms with Gasteiger partial charge in [-0.3, -0.25) is 0 Å². The quantitative estimate of drug-likeness (QED) is 0.114. The van der Waals surface area contributed by atoms with Crippen LogP contribution in [0.5, 0.6) is 0 Å². The first kappa shape index (κ1) is 40.4. The molecule has 3 heterocycles. The average molecular weight is 900 g/mol. The lowest BCUT2D eigenvalue weighted by molar-refractivity contribution is 0.674. The molecule has 1 atom stereocenters. The molecule has 0 amide bonds. The first-order valence-corrected chi connectivity index (χ1v) is 25.6. The molecule has 0 spiro atoms. The number of nitrogens with zero attached hydrogens (tertiary/aromatic N) is 4. The van der Waals surface area contributed by atoms with Crippen molar-refractivity contribution in [1.29, 1.82) is 0 Å². The molecule has 2 aromatic heterocycles. The molecular formula is C63H45N5Si. The van der Waals surface area contributed by atoms with E-state index in [9.17, 15) is 0 Å². The lowest BCUT2D eigenvalue weighted by Gasteiger charge is -2.34. The number of aliphatic imine (C=N–C) groups is 2. The second-order valence-electron chi connectivity index (χ2n) is 17.8. The van der Waals surface area contributed by atoms with E-state index >= 15 is 0 Å². The Morgan fingerprint density at radius 3 is 1.35 bits per heavy atom. The molecule has 13 rings (SSSR count). The van der Waals surface area contributed by atoms with Gasteiger partial charge in [-0.15, -0.1) is 0 Å². The summed E-state index contributed by atoms with van der Waals surface area (Å²) in [5.41, 5.74) is 9.86. The fourth-order valence-corrected chi connectivity index (χ4v) is 15.6. The van der Waals surface area contributed by atoms with Crippen molar-refractivity contribution in [3.63, 3.8) is 0 Å². The van der Waals surface area contributed by atoms with Crippen LogP contribution in [0, 0.1) is 0 Å². The van der Waals surface area contributed by atoms with Crippen LogP contribution >= 0.6 is 0 Å². The first-order valence-electron chi connectivity index (χ1n) is 23.6. The molecule has 1 aliphatic rings. The van der Waals surface area contributed by atoms with E-state index in [-0.39, 0.29) is 6.17 Å². The average Bonchev–Trinajstić information content (AvgIpc) is 3.93. The Morgan fingerprint density at radius 2 is 0.797 bits per heavy atom. The van der Waals surface area contributed by atoms with Crippen molar-refractivity contribution in [2.45, 2.75) is 6.17 Å². The monoisotopic (exact) mass is 899 g/mol. The second kappa shape index (κ2) is 16.8. The van der Waals surface area contributed by atoms with E-state index in [1.165, 1.54) is 47.8 Å². The molecule has 10 aromatic carbocycles. The number of amidine groups is 2. The molecule has 1 aliphatic heterocycles. The van der Waals surface area contributed by atoms with E-state index in [4.69, 9.17) is 9.98 Å². The Morgan fingerprint density at radius 1 is 0.348 bits per heavy atom. The highest BCUT2D eigenvalue weighted by Gasteiger charge is 2.41. The molecule has 0 radical (unpaired) electrons. The fraction of sp³-hybridized carbons (Fsp3) is 0.0159. The molecule has 1 unspecified atom stereocenters. The van der Waals surface area contributed by atoms with Crippen molar-refractivity contribution in [1.82, 2.24) is 14.5 Å². The maximum Gasteiger partial charge on any atom is 0.179 e. The van der Waals surface area contributed by atoms with Gasteiger partial charge in [0.25, 0.3) is 0 Å². The van der Waals surface area contributed by atoms with E-state index in [0.29, 0.717) is 5.84 Å². The van der Waals surface area contributed by atoms with E-state index in [2.05, 4.69) is 239 Å². The van der Waals surface area contributed by atoms with E-state index in [1.54, 1.807) is 0 Å². The Bertz CT molecular complexity index is 3820. The van der Waals surface area contributed by atoms with Gasteiger partial charge in [0.2, 0.25) is 0 Å². The Balaban J connectivity index is 1.02. The number of hydrogen-bond donors (Lipinski definition) is 1. The molecule has 0 aliphatic carbocycles. The predicted octanol–water partition coefficient (Wildman–Crippen LogP) is 11.8. The predicted molar refractivity (Wildman–Crippen MR) is 291 cm³/mol. The zero-order valence-corrected chi connectivity index (χ0v) is 38.7. The summed E-state index contributed by atoms with van der Waals surface area (Å²) in [5, 5.41) is 13.9. The zero-order valence-electron chi connectivity index (χ0n) is 37.7. The lowest BCUT2D eigenvalue weighted by Crippen LogP contribution is -2.74. The van der Waals surface area contributed by atoms with Gasteiger partial charge in [0.05, 0.1) is 22.1 Å². The summed E-state index contributed by atoms with van der Waals surface area (Å²) in [6.07, 6.45) is -0.360. The fourth-order valence-electron chi connectivity index (χ4n) is 10.8. The minimum atomic E-state index is -2.80. The van der Waals surface area contributed by atoms with Gasteiger partial charge in [-0.2, -0.15) is 0 Å². The summed E-state index contributed by atoms with van der Waals surface area (Å²) < 4.78 is 4.92. The van der Waals surface area contributed by atoms with Crippen LogP contribution in [0.1, 0.15) is 22.9 Å². The molecule has 6 heteroatoms. The molecule has 0 bridgehead atoms. The highest BCUT2D eigenvalue weighted by molar-refractivity contribution is 7.19. The number of hydrogen-bond acceptors (Lipinski definition) is 3. The van der Waals surface area contributed by atoms with Gasteiger partial charge in [0, 0.05) is 44.0 Å². The Labute approximate surface area is 401 Å². The summed E-state index contributed by atoms with van der Waals surface area (Å²) in [6.45, 7) is 0. The number of nitrogens with one attached hydrogen (secondary N) is 1. The summed E-state index contributed by atoms with van der Waals surface area (Å²) in [5.74, 6) is 1.50. The van der Waals surface area contributed by atoms with Gasteiger partial charge in [0.15, 0.2) is 13.9 Å². The second-order valence-corrected chi connectivity index (χ2v) is 21.6. The topological polar surface area (TPSA) is 46.6 Å². The van der Waals surface area contributed by atoms with Crippen LogP contribution in [0.15, 0.2) is 271 Å². The van der Waals surface area contributed by atoms with E-state index in [0.717, 1.165) is 50.5 Å². The van der Waals surface area contributed by atoms with Crippen LogP contribution in [-0.2, 0) is 0 Å². The standard InChI is InChI=1S/C63H45N5Si/c1-6-22-44(23-7-1)61-64-62(45-24-8-2-9-25-45)66-63(65-61)46-26-20-27-47(40-46)67-57-38-18-16-36-53(57)55-42-56-54-37-17-19-39-58(54)68(60(56)43-59(55)67)48-28-21-35-52(41-48)69(49-29-10-3-11-30-49,50-31-12-4-13-32-50)51-33-14-5-15-34-51/h1-43,63H,(H,64,65,66). The minimum absolute atomic E-state index is 0.360. The van der Waals surface area contributed by atoms with Gasteiger partial charge < -0.3 is 14.5 Å². The Kier molecular flexibility index (Phi) is 9.84. The van der Waals surface area contributed by atoms with Crippen LogP contribution in [-0.4, -0.2) is 28.9 Å². The third-order valence-electron chi connectivity index (χ3n) is 13.9. The van der Waals surface area contributed by atoms with E-state index < -0.39 is 8.07 Å². The molecule has 69 heavy (non-hydrogen) atoms. The van der Waals surface area contributed by atoms with Gasteiger partial charge in [0.1, 0.15) is 12.0 Å². The lowest BCUT2D eigenvalue weighted by atomic mass is 10.1. The number of rotatable bonds is 9. The molecule has 0 saturated carbocycles. The molecule has 326 valence electrons. The summed E-state index contributed by atoms with van der Waals surface area (Å²) >= 11 is 0. The highest BCUT2D eigenvalue weighted by Crippen LogP contribution is 2.40. The minimum Gasteiger partial charge on any atom is -0.344 e. The number of fused-ring (bicyclic) bond motifs is 6. The van der Waals surface area contributed by atoms with E-state index in [1.807, 2.05) is 36.4 Å². The summed E-state index contributed by atoms with van der Waals surface area (Å²) in [6, 6.07) is 94.8. The van der Waals surface area contributed by atoms with Crippen LogP contribution in [0.4, 0.5) is 0 Å². The molecule has 0 fully saturated rings. The van der Waals surface area contributed by atoms with Crippen molar-refractivity contribution in [3.05, 3.63) is 278 Å². The maximum absolute atomic E-state index is 5.25. The van der Waals surface area contributed by atoms with Crippen molar-refractivity contribution in [2.24, 2.45) is 9.98 Å². The third-order valence-corrected chi connectivity index (χ3v) is 18.7. The van der Waals surface area contributed by atoms with Crippen molar-refractivity contribution in [3.8, 4) is 11.4 Å². The van der Waals surface area contributed by atoms with Crippen molar-refractivity contribution >= 4 is 84.1 Å². The normalized spacial score (nSPS) is 13.9. The number of para-hydroxylation sites is 2. The smallest absolute Gasteiger partial charge is 0.179 e. The van der Waals surface area contributed by atoms with Crippen molar-refractivity contribution < 1.29 is 0 Å². The maximum atomic E-state index is 5.25. The zero-order chi connectivity index (χ0) is 45.7. The van der Waals surface area contributed by atoms with Crippen LogP contribution in [0.2, 0.25) is 0 Å². The number of benzene rings is 10.